The quantitative estimate of drug-likeness (QED) is 0.402. The first-order chi connectivity index (χ1) is 14.6. The van der Waals surface area contributed by atoms with E-state index in [1.54, 1.807) is 6.92 Å². The lowest BCUT2D eigenvalue weighted by atomic mass is 10.1. The fourth-order valence-electron chi connectivity index (χ4n) is 2.78. The van der Waals surface area contributed by atoms with Gasteiger partial charge in [0, 0.05) is 16.1 Å². The average Bonchev–Trinajstić information content (AvgIpc) is 3.12. The molecule has 3 aromatic rings. The number of aliphatic hydroxyl groups excluding tert-OH is 1. The number of aliphatic hydroxyl groups is 1. The molecule has 0 radical (unpaired) electrons. The number of alkyl halides is 3. The molecule has 0 bridgehead atoms. The average molecular weight is 476 g/mol. The van der Waals surface area contributed by atoms with Crippen molar-refractivity contribution in [3.8, 4) is 17.0 Å². The Morgan fingerprint density at radius 2 is 1.77 bits per heavy atom. The van der Waals surface area contributed by atoms with Crippen molar-refractivity contribution in [3.05, 3.63) is 74.6 Å². The van der Waals surface area contributed by atoms with Gasteiger partial charge in [0.15, 0.2) is 17.4 Å². The molecule has 3 nitrogen and oxygen atoms in total. The first-order valence-electron chi connectivity index (χ1n) is 8.81. The molecular weight excluding hydrogens is 461 g/mol. The maximum Gasteiger partial charge on any atom is 0.427 e. The first kappa shape index (κ1) is 23.2. The lowest BCUT2D eigenvalue weighted by Crippen LogP contribution is -2.09. The fourth-order valence-corrected chi connectivity index (χ4v) is 3.67. The summed E-state index contributed by atoms with van der Waals surface area (Å²) in [6.45, 7) is 0.531. The highest BCUT2D eigenvalue weighted by molar-refractivity contribution is 7.06. The predicted octanol–water partition coefficient (Wildman–Crippen LogP) is 6.74. The largest absolute Gasteiger partial charge is 0.483 e. The third kappa shape index (κ3) is 5.41. The Kier molecular flexibility index (Phi) is 6.98. The van der Waals surface area contributed by atoms with Gasteiger partial charge in [-0.3, -0.25) is 0 Å². The van der Waals surface area contributed by atoms with Crippen LogP contribution in [0.2, 0.25) is 5.02 Å². The summed E-state index contributed by atoms with van der Waals surface area (Å²) in [5.74, 6) is -2.97. The molecule has 0 amide bonds. The van der Waals surface area contributed by atoms with Crippen LogP contribution in [0.15, 0.2) is 42.0 Å². The van der Waals surface area contributed by atoms with E-state index < -0.39 is 35.0 Å². The van der Waals surface area contributed by atoms with Gasteiger partial charge in [0.1, 0.15) is 11.5 Å². The molecule has 0 fully saturated rings. The molecule has 1 N–H and O–H groups in total. The zero-order chi connectivity index (χ0) is 22.8. The van der Waals surface area contributed by atoms with Gasteiger partial charge in [-0.05, 0) is 53.9 Å². The van der Waals surface area contributed by atoms with Gasteiger partial charge >= 0.3 is 6.18 Å². The van der Waals surface area contributed by atoms with E-state index >= 15 is 0 Å². The van der Waals surface area contributed by atoms with E-state index in [1.807, 2.05) is 0 Å². The van der Waals surface area contributed by atoms with Crippen molar-refractivity contribution in [2.24, 2.45) is 0 Å². The molecule has 0 atom stereocenters. The Bertz CT molecular complexity index is 1090. The Morgan fingerprint density at radius 1 is 1.16 bits per heavy atom. The molecule has 0 aliphatic heterocycles. The molecule has 0 saturated carbocycles. The third-order valence-electron chi connectivity index (χ3n) is 4.21. The molecule has 0 spiro atoms. The van der Waals surface area contributed by atoms with Crippen LogP contribution in [-0.4, -0.2) is 16.1 Å². The Labute approximate surface area is 183 Å². The van der Waals surface area contributed by atoms with Gasteiger partial charge in [0.25, 0.3) is 0 Å². The second-order valence-corrected chi connectivity index (χ2v) is 7.80. The second-order valence-electron chi connectivity index (χ2n) is 6.59. The van der Waals surface area contributed by atoms with Gasteiger partial charge < -0.3 is 9.84 Å². The summed E-state index contributed by atoms with van der Waals surface area (Å²) in [6, 6.07) is 7.91. The van der Waals surface area contributed by atoms with E-state index in [0.29, 0.717) is 16.2 Å². The number of hydrogen-bond acceptors (Lipinski definition) is 4. The molecule has 0 aliphatic carbocycles. The highest BCUT2D eigenvalue weighted by atomic mass is 35.5. The van der Waals surface area contributed by atoms with Crippen LogP contribution in [0.4, 0.5) is 22.0 Å². The lowest BCUT2D eigenvalue weighted by Gasteiger charge is -2.12. The summed E-state index contributed by atoms with van der Waals surface area (Å²) in [7, 11) is 0. The SMILES string of the molecule is C/C(=C\c1cc(F)c(OCc2c(-c3ccc(Cl)cc3)nsc2C(F)(F)F)c(F)c1)CO. The van der Waals surface area contributed by atoms with E-state index in [-0.39, 0.29) is 35.0 Å². The second kappa shape index (κ2) is 9.33. The third-order valence-corrected chi connectivity index (χ3v) is 5.39. The number of aromatic nitrogens is 1. The number of nitrogens with zero attached hydrogens (tertiary/aromatic N) is 1. The molecular formula is C21H15ClF5NO2S. The smallest absolute Gasteiger partial charge is 0.427 e. The summed E-state index contributed by atoms with van der Waals surface area (Å²) < 4.78 is 78.2. The van der Waals surface area contributed by atoms with Crippen molar-refractivity contribution in [1.29, 1.82) is 0 Å². The van der Waals surface area contributed by atoms with Crippen molar-refractivity contribution < 1.29 is 31.8 Å². The van der Waals surface area contributed by atoms with Crippen LogP contribution < -0.4 is 4.74 Å². The zero-order valence-electron chi connectivity index (χ0n) is 15.9. The van der Waals surface area contributed by atoms with Gasteiger partial charge in [-0.2, -0.15) is 17.5 Å². The lowest BCUT2D eigenvalue weighted by molar-refractivity contribution is -0.135. The van der Waals surface area contributed by atoms with E-state index in [9.17, 15) is 22.0 Å². The summed E-state index contributed by atoms with van der Waals surface area (Å²) in [6.07, 6.45) is -3.34. The maximum absolute atomic E-state index is 14.4. The fraction of sp³-hybridized carbons (Fsp3) is 0.190. The highest BCUT2D eigenvalue weighted by Gasteiger charge is 2.38. The number of benzene rings is 2. The molecule has 10 heteroatoms. The summed E-state index contributed by atoms with van der Waals surface area (Å²) in [4.78, 5) is -1.02. The highest BCUT2D eigenvalue weighted by Crippen LogP contribution is 2.40. The van der Waals surface area contributed by atoms with E-state index in [2.05, 4.69) is 4.37 Å². The van der Waals surface area contributed by atoms with Crippen LogP contribution in [0.5, 0.6) is 5.75 Å². The van der Waals surface area contributed by atoms with Crippen molar-refractivity contribution in [3.63, 3.8) is 0 Å². The molecule has 164 valence electrons. The van der Waals surface area contributed by atoms with E-state index in [4.69, 9.17) is 21.4 Å². The molecule has 1 heterocycles. The predicted molar refractivity (Wildman–Crippen MR) is 109 cm³/mol. The zero-order valence-corrected chi connectivity index (χ0v) is 17.5. The Hall–Kier alpha value is -2.49. The molecule has 2 aromatic carbocycles. The number of rotatable bonds is 6. The van der Waals surface area contributed by atoms with Gasteiger partial charge in [0.05, 0.1) is 12.3 Å². The van der Waals surface area contributed by atoms with Crippen LogP contribution in [0.25, 0.3) is 17.3 Å². The van der Waals surface area contributed by atoms with Crippen LogP contribution >= 0.6 is 23.1 Å². The molecule has 1 aromatic heterocycles. The first-order valence-corrected chi connectivity index (χ1v) is 9.97. The van der Waals surface area contributed by atoms with Crippen molar-refractivity contribution in [1.82, 2.24) is 4.37 Å². The van der Waals surface area contributed by atoms with E-state index in [0.717, 1.165) is 12.1 Å². The van der Waals surface area contributed by atoms with Crippen LogP contribution in [0.1, 0.15) is 22.9 Å². The van der Waals surface area contributed by atoms with Crippen LogP contribution in [0.3, 0.4) is 0 Å². The van der Waals surface area contributed by atoms with Gasteiger partial charge in [-0.15, -0.1) is 0 Å². The monoisotopic (exact) mass is 475 g/mol. The van der Waals surface area contributed by atoms with Crippen LogP contribution in [-0.2, 0) is 12.8 Å². The minimum Gasteiger partial charge on any atom is -0.483 e. The van der Waals surface area contributed by atoms with Crippen molar-refractivity contribution in [2.45, 2.75) is 19.7 Å². The number of hydrogen-bond donors (Lipinski definition) is 1. The standard InChI is InChI=1S/C21H15ClF5NO2S/c1-11(9-29)6-12-7-16(23)19(17(24)8-12)30-10-15-18(13-2-4-14(22)5-3-13)28-31-20(15)21(25,26)27/h2-8,29H,9-10H2,1H3/b11-6+. The molecule has 31 heavy (non-hydrogen) atoms. The number of halogens is 6. The van der Waals surface area contributed by atoms with Crippen molar-refractivity contribution >= 4 is 29.2 Å². The summed E-state index contributed by atoms with van der Waals surface area (Å²) in [5.41, 5.74) is 0.630. The Morgan fingerprint density at radius 3 is 2.32 bits per heavy atom. The van der Waals surface area contributed by atoms with Gasteiger partial charge in [-0.25, -0.2) is 8.78 Å². The van der Waals surface area contributed by atoms with Gasteiger partial charge in [-0.1, -0.05) is 29.8 Å². The summed E-state index contributed by atoms with van der Waals surface area (Å²) in [5, 5.41) is 9.41. The maximum atomic E-state index is 14.4. The topological polar surface area (TPSA) is 42.4 Å². The molecule has 0 unspecified atom stereocenters. The minimum absolute atomic E-state index is 0.00654. The molecule has 0 saturated heterocycles. The normalized spacial score (nSPS) is 12.3. The minimum atomic E-state index is -4.71. The number of ether oxygens (including phenoxy) is 1. The van der Waals surface area contributed by atoms with Crippen LogP contribution in [0, 0.1) is 11.6 Å². The molecule has 0 aliphatic rings. The van der Waals surface area contributed by atoms with E-state index in [1.165, 1.54) is 30.3 Å². The van der Waals surface area contributed by atoms with Crippen molar-refractivity contribution in [2.75, 3.05) is 6.61 Å². The Balaban J connectivity index is 1.96. The molecule has 3 rings (SSSR count). The van der Waals surface area contributed by atoms with Gasteiger partial charge in [0.2, 0.25) is 0 Å². The summed E-state index contributed by atoms with van der Waals surface area (Å²) >= 11 is 6.05.